The molecule has 1 aliphatic carbocycles. The van der Waals surface area contributed by atoms with Gasteiger partial charge in [0.1, 0.15) is 5.75 Å². The SMILES string of the molecule is O=C(COc1ccc(C2CCCCC2)cc1)Nc1ccccc1C(F)(F)F. The van der Waals surface area contributed by atoms with Gasteiger partial charge in [0.25, 0.3) is 5.91 Å². The van der Waals surface area contributed by atoms with Crippen LogP contribution in [-0.4, -0.2) is 12.5 Å². The molecule has 144 valence electrons. The van der Waals surface area contributed by atoms with E-state index in [-0.39, 0.29) is 12.3 Å². The highest BCUT2D eigenvalue weighted by molar-refractivity contribution is 5.92. The van der Waals surface area contributed by atoms with Gasteiger partial charge < -0.3 is 10.1 Å². The summed E-state index contributed by atoms with van der Waals surface area (Å²) in [5.41, 5.74) is 0.118. The Labute approximate surface area is 156 Å². The highest BCUT2D eigenvalue weighted by Crippen LogP contribution is 2.35. The van der Waals surface area contributed by atoms with Gasteiger partial charge in [-0.15, -0.1) is 0 Å². The Balaban J connectivity index is 1.55. The van der Waals surface area contributed by atoms with Crippen LogP contribution >= 0.6 is 0 Å². The Morgan fingerprint density at radius 1 is 1.00 bits per heavy atom. The topological polar surface area (TPSA) is 38.3 Å². The van der Waals surface area contributed by atoms with Crippen LogP contribution in [0.1, 0.15) is 49.1 Å². The predicted octanol–water partition coefficient (Wildman–Crippen LogP) is 5.77. The third kappa shape index (κ3) is 5.25. The maximum absolute atomic E-state index is 13.0. The average Bonchev–Trinajstić information content (AvgIpc) is 2.67. The Kier molecular flexibility index (Phi) is 6.04. The zero-order valence-corrected chi connectivity index (χ0v) is 14.9. The van der Waals surface area contributed by atoms with Crippen LogP contribution in [0.15, 0.2) is 48.5 Å². The molecule has 0 saturated heterocycles. The lowest BCUT2D eigenvalue weighted by Crippen LogP contribution is -2.22. The number of carbonyl (C=O) groups excluding carboxylic acids is 1. The molecular weight excluding hydrogens is 355 g/mol. The molecule has 2 aromatic carbocycles. The number of carbonyl (C=O) groups is 1. The summed E-state index contributed by atoms with van der Waals surface area (Å²) in [5, 5.41) is 2.27. The maximum Gasteiger partial charge on any atom is 0.418 e. The minimum Gasteiger partial charge on any atom is -0.484 e. The molecule has 1 N–H and O–H groups in total. The van der Waals surface area contributed by atoms with Gasteiger partial charge in [-0.1, -0.05) is 43.5 Å². The molecule has 6 heteroatoms. The van der Waals surface area contributed by atoms with Gasteiger partial charge in [0.05, 0.1) is 11.3 Å². The van der Waals surface area contributed by atoms with Crippen molar-refractivity contribution in [3.63, 3.8) is 0 Å². The molecule has 0 atom stereocenters. The van der Waals surface area contributed by atoms with Gasteiger partial charge in [0.2, 0.25) is 0 Å². The Bertz CT molecular complexity index is 766. The number of ether oxygens (including phenoxy) is 1. The number of para-hydroxylation sites is 1. The Morgan fingerprint density at radius 2 is 1.67 bits per heavy atom. The minimum absolute atomic E-state index is 0.272. The average molecular weight is 377 g/mol. The summed E-state index contributed by atoms with van der Waals surface area (Å²) in [4.78, 5) is 12.0. The lowest BCUT2D eigenvalue weighted by molar-refractivity contribution is -0.137. The zero-order valence-electron chi connectivity index (χ0n) is 14.9. The number of amides is 1. The minimum atomic E-state index is -4.53. The van der Waals surface area contributed by atoms with Crippen molar-refractivity contribution in [3.8, 4) is 5.75 Å². The molecule has 1 amide bonds. The van der Waals surface area contributed by atoms with Gasteiger partial charge in [-0.2, -0.15) is 13.2 Å². The van der Waals surface area contributed by atoms with Crippen LogP contribution in [0, 0.1) is 0 Å². The van der Waals surface area contributed by atoms with Crippen LogP contribution in [0.4, 0.5) is 18.9 Å². The lowest BCUT2D eigenvalue weighted by Gasteiger charge is -2.22. The molecule has 3 nitrogen and oxygen atoms in total. The maximum atomic E-state index is 13.0. The van der Waals surface area contributed by atoms with Crippen LogP contribution in [0.2, 0.25) is 0 Å². The number of rotatable bonds is 5. The van der Waals surface area contributed by atoms with E-state index in [1.165, 1.54) is 55.9 Å². The predicted molar refractivity (Wildman–Crippen MR) is 97.8 cm³/mol. The zero-order chi connectivity index (χ0) is 19.3. The van der Waals surface area contributed by atoms with Crippen molar-refractivity contribution in [2.45, 2.75) is 44.2 Å². The van der Waals surface area contributed by atoms with E-state index in [1.807, 2.05) is 12.1 Å². The van der Waals surface area contributed by atoms with Crippen molar-refractivity contribution in [1.82, 2.24) is 0 Å². The summed E-state index contributed by atoms with van der Waals surface area (Å²) >= 11 is 0. The number of hydrogen-bond acceptors (Lipinski definition) is 2. The van der Waals surface area contributed by atoms with Gasteiger partial charge in [-0.3, -0.25) is 4.79 Å². The van der Waals surface area contributed by atoms with Gasteiger partial charge in [0.15, 0.2) is 6.61 Å². The molecule has 0 aromatic heterocycles. The third-order valence-corrected chi connectivity index (χ3v) is 4.83. The molecule has 0 bridgehead atoms. The molecule has 0 unspecified atom stereocenters. The second kappa shape index (κ2) is 8.46. The highest BCUT2D eigenvalue weighted by Gasteiger charge is 2.33. The molecule has 1 fully saturated rings. The van der Waals surface area contributed by atoms with Crippen LogP contribution in [0.3, 0.4) is 0 Å². The summed E-state index contributed by atoms with van der Waals surface area (Å²) in [6.45, 7) is -0.352. The van der Waals surface area contributed by atoms with Crippen molar-refractivity contribution in [2.75, 3.05) is 11.9 Å². The second-order valence-corrected chi connectivity index (χ2v) is 6.78. The molecule has 0 spiro atoms. The first-order valence-corrected chi connectivity index (χ1v) is 9.12. The van der Waals surface area contributed by atoms with Crippen LogP contribution in [-0.2, 0) is 11.0 Å². The fraction of sp³-hybridized carbons (Fsp3) is 0.381. The van der Waals surface area contributed by atoms with E-state index in [0.717, 1.165) is 6.07 Å². The van der Waals surface area contributed by atoms with Gasteiger partial charge >= 0.3 is 6.18 Å². The van der Waals surface area contributed by atoms with Crippen molar-refractivity contribution >= 4 is 11.6 Å². The Hall–Kier alpha value is -2.50. The normalized spacial score (nSPS) is 15.4. The third-order valence-electron chi connectivity index (χ3n) is 4.83. The number of halogens is 3. The van der Waals surface area contributed by atoms with Crippen molar-refractivity contribution in [1.29, 1.82) is 0 Å². The van der Waals surface area contributed by atoms with E-state index in [4.69, 9.17) is 4.74 Å². The summed E-state index contributed by atoms with van der Waals surface area (Å²) < 4.78 is 44.3. The van der Waals surface area contributed by atoms with E-state index in [2.05, 4.69) is 5.32 Å². The molecule has 0 aliphatic heterocycles. The van der Waals surface area contributed by atoms with Gasteiger partial charge in [0, 0.05) is 0 Å². The summed E-state index contributed by atoms with van der Waals surface area (Å²) in [6, 6.07) is 12.5. The molecule has 2 aromatic rings. The quantitative estimate of drug-likeness (QED) is 0.718. The number of benzene rings is 2. The van der Waals surface area contributed by atoms with Crippen LogP contribution < -0.4 is 10.1 Å². The van der Waals surface area contributed by atoms with Crippen molar-refractivity contribution in [3.05, 3.63) is 59.7 Å². The van der Waals surface area contributed by atoms with Gasteiger partial charge in [-0.05, 0) is 48.6 Å². The second-order valence-electron chi connectivity index (χ2n) is 6.78. The van der Waals surface area contributed by atoms with Crippen LogP contribution in [0.5, 0.6) is 5.75 Å². The van der Waals surface area contributed by atoms with E-state index >= 15 is 0 Å². The first-order valence-electron chi connectivity index (χ1n) is 9.12. The van der Waals surface area contributed by atoms with E-state index in [0.29, 0.717) is 11.7 Å². The largest absolute Gasteiger partial charge is 0.484 e. The lowest BCUT2D eigenvalue weighted by atomic mass is 9.84. The number of nitrogens with one attached hydrogen (secondary N) is 1. The smallest absolute Gasteiger partial charge is 0.418 e. The fourth-order valence-corrected chi connectivity index (χ4v) is 3.45. The number of alkyl halides is 3. The molecule has 1 saturated carbocycles. The van der Waals surface area contributed by atoms with Crippen LogP contribution in [0.25, 0.3) is 0 Å². The first kappa shape index (κ1) is 19.3. The van der Waals surface area contributed by atoms with E-state index < -0.39 is 17.6 Å². The van der Waals surface area contributed by atoms with Crippen molar-refractivity contribution < 1.29 is 22.7 Å². The van der Waals surface area contributed by atoms with E-state index in [9.17, 15) is 18.0 Å². The molecule has 0 radical (unpaired) electrons. The molecular formula is C21H22F3NO2. The molecule has 27 heavy (non-hydrogen) atoms. The highest BCUT2D eigenvalue weighted by atomic mass is 19.4. The number of hydrogen-bond donors (Lipinski definition) is 1. The fourth-order valence-electron chi connectivity index (χ4n) is 3.45. The monoisotopic (exact) mass is 377 g/mol. The van der Waals surface area contributed by atoms with Gasteiger partial charge in [-0.25, -0.2) is 0 Å². The summed E-state index contributed by atoms with van der Waals surface area (Å²) in [6.07, 6.45) is 1.66. The van der Waals surface area contributed by atoms with E-state index in [1.54, 1.807) is 12.1 Å². The first-order chi connectivity index (χ1) is 12.9. The molecule has 3 rings (SSSR count). The summed E-state index contributed by atoms with van der Waals surface area (Å²) in [7, 11) is 0. The van der Waals surface area contributed by atoms with Crippen molar-refractivity contribution in [2.24, 2.45) is 0 Å². The number of anilines is 1. The molecule has 0 heterocycles. The molecule has 1 aliphatic rings. The Morgan fingerprint density at radius 3 is 2.33 bits per heavy atom. The standard InChI is InChI=1S/C21H22F3NO2/c22-21(23,24)18-8-4-5-9-19(18)25-20(26)14-27-17-12-10-16(11-13-17)15-6-2-1-3-7-15/h4-5,8-13,15H,1-3,6-7,14H2,(H,25,26). The summed E-state index contributed by atoms with van der Waals surface area (Å²) in [5.74, 6) is 0.465.